The molecule has 1 aromatic heterocycles. The molecule has 2 amide bonds. The van der Waals surface area contributed by atoms with Crippen LogP contribution in [0.3, 0.4) is 0 Å². The van der Waals surface area contributed by atoms with Crippen LogP contribution in [0.2, 0.25) is 0 Å². The van der Waals surface area contributed by atoms with Crippen molar-refractivity contribution in [3.8, 4) is 11.1 Å². The second-order valence-electron chi connectivity index (χ2n) is 6.60. The number of carbonyl (C=O) groups is 2. The van der Waals surface area contributed by atoms with Crippen molar-refractivity contribution in [1.29, 1.82) is 0 Å². The molecule has 1 atom stereocenters. The molecule has 0 bridgehead atoms. The molecule has 2 aromatic carbocycles. The zero-order chi connectivity index (χ0) is 18.8. The predicted octanol–water partition coefficient (Wildman–Crippen LogP) is 3.19. The Labute approximate surface area is 157 Å². The van der Waals surface area contributed by atoms with Crippen LogP contribution in [-0.2, 0) is 11.3 Å². The normalized spacial score (nSPS) is 16.0. The van der Waals surface area contributed by atoms with Gasteiger partial charge in [-0.2, -0.15) is 0 Å². The lowest BCUT2D eigenvalue weighted by Crippen LogP contribution is -2.44. The highest BCUT2D eigenvalue weighted by atomic mass is 16.2. The highest BCUT2D eigenvalue weighted by Crippen LogP contribution is 2.27. The van der Waals surface area contributed by atoms with E-state index in [1.54, 1.807) is 24.2 Å². The lowest BCUT2D eigenvalue weighted by atomic mass is 9.95. The third-order valence-corrected chi connectivity index (χ3v) is 4.77. The highest BCUT2D eigenvalue weighted by Gasteiger charge is 2.32. The predicted molar refractivity (Wildman–Crippen MR) is 103 cm³/mol. The molecular weight excluding hydrogens is 338 g/mol. The van der Waals surface area contributed by atoms with Crippen LogP contribution in [0.5, 0.6) is 0 Å². The van der Waals surface area contributed by atoms with E-state index < -0.39 is 6.04 Å². The number of pyridine rings is 1. The van der Waals surface area contributed by atoms with Crippen LogP contribution in [0.15, 0.2) is 72.9 Å². The fourth-order valence-corrected chi connectivity index (χ4v) is 3.36. The molecule has 0 fully saturated rings. The summed E-state index contributed by atoms with van der Waals surface area (Å²) in [5, 5.41) is 2.86. The van der Waals surface area contributed by atoms with Crippen molar-refractivity contribution < 1.29 is 9.59 Å². The van der Waals surface area contributed by atoms with E-state index in [9.17, 15) is 9.59 Å². The molecule has 0 aliphatic carbocycles. The molecule has 1 N–H and O–H groups in total. The molecule has 4 rings (SSSR count). The van der Waals surface area contributed by atoms with Gasteiger partial charge in [0.2, 0.25) is 5.91 Å². The van der Waals surface area contributed by atoms with Gasteiger partial charge < -0.3 is 10.2 Å². The number of benzene rings is 2. The minimum absolute atomic E-state index is 0.124. The monoisotopic (exact) mass is 357 g/mol. The SMILES string of the molecule is CN1Cc2ccccc2C(NC(=O)c2cc(-c3ccccc3)ccn2)C1=O. The minimum atomic E-state index is -0.699. The van der Waals surface area contributed by atoms with E-state index in [-0.39, 0.29) is 17.5 Å². The molecule has 1 aliphatic rings. The number of nitrogens with zero attached hydrogens (tertiary/aromatic N) is 2. The van der Waals surface area contributed by atoms with E-state index in [4.69, 9.17) is 0 Å². The van der Waals surface area contributed by atoms with Crippen LogP contribution in [-0.4, -0.2) is 28.7 Å². The zero-order valence-corrected chi connectivity index (χ0v) is 14.9. The Hall–Kier alpha value is -3.47. The van der Waals surface area contributed by atoms with Crippen molar-refractivity contribution in [2.45, 2.75) is 12.6 Å². The summed E-state index contributed by atoms with van der Waals surface area (Å²) in [7, 11) is 1.74. The first kappa shape index (κ1) is 17.0. The Kier molecular flexibility index (Phi) is 4.42. The molecule has 27 heavy (non-hydrogen) atoms. The van der Waals surface area contributed by atoms with E-state index in [1.807, 2.05) is 60.7 Å². The summed E-state index contributed by atoms with van der Waals surface area (Å²) in [5.41, 5.74) is 4.08. The molecule has 0 saturated carbocycles. The summed E-state index contributed by atoms with van der Waals surface area (Å²) in [6, 6.07) is 20.4. The number of amides is 2. The van der Waals surface area contributed by atoms with Crippen molar-refractivity contribution in [2.24, 2.45) is 0 Å². The Morgan fingerprint density at radius 3 is 2.59 bits per heavy atom. The number of aromatic nitrogens is 1. The highest BCUT2D eigenvalue weighted by molar-refractivity contribution is 5.97. The van der Waals surface area contributed by atoms with Gasteiger partial charge in [-0.05, 0) is 34.4 Å². The maximum atomic E-state index is 12.8. The second-order valence-corrected chi connectivity index (χ2v) is 6.60. The minimum Gasteiger partial charge on any atom is -0.339 e. The molecule has 1 aliphatic heterocycles. The molecule has 1 unspecified atom stereocenters. The number of hydrogen-bond donors (Lipinski definition) is 1. The van der Waals surface area contributed by atoms with Gasteiger partial charge in [-0.15, -0.1) is 0 Å². The molecule has 3 aromatic rings. The summed E-state index contributed by atoms with van der Waals surface area (Å²) in [5.74, 6) is -0.488. The van der Waals surface area contributed by atoms with Gasteiger partial charge in [-0.25, -0.2) is 0 Å². The van der Waals surface area contributed by atoms with Gasteiger partial charge in [0.25, 0.3) is 5.91 Å². The fourth-order valence-electron chi connectivity index (χ4n) is 3.36. The fraction of sp³-hybridized carbons (Fsp3) is 0.136. The number of carbonyl (C=O) groups excluding carboxylic acids is 2. The second kappa shape index (κ2) is 7.03. The largest absolute Gasteiger partial charge is 0.339 e. The van der Waals surface area contributed by atoms with Gasteiger partial charge in [0, 0.05) is 19.8 Å². The molecule has 5 nitrogen and oxygen atoms in total. The Morgan fingerprint density at radius 1 is 1.04 bits per heavy atom. The maximum absolute atomic E-state index is 12.8. The van der Waals surface area contributed by atoms with Crippen molar-refractivity contribution in [3.63, 3.8) is 0 Å². The number of hydrogen-bond acceptors (Lipinski definition) is 3. The number of likely N-dealkylation sites (N-methyl/N-ethyl adjacent to an activating group) is 1. The lowest BCUT2D eigenvalue weighted by molar-refractivity contribution is -0.133. The molecule has 134 valence electrons. The van der Waals surface area contributed by atoms with Crippen LogP contribution < -0.4 is 5.32 Å². The van der Waals surface area contributed by atoms with Crippen LogP contribution >= 0.6 is 0 Å². The third kappa shape index (κ3) is 3.31. The van der Waals surface area contributed by atoms with E-state index >= 15 is 0 Å². The van der Waals surface area contributed by atoms with Crippen molar-refractivity contribution in [2.75, 3.05) is 7.05 Å². The van der Waals surface area contributed by atoms with E-state index in [0.29, 0.717) is 6.54 Å². The van der Waals surface area contributed by atoms with Gasteiger partial charge in [-0.3, -0.25) is 14.6 Å². The smallest absolute Gasteiger partial charge is 0.270 e. The maximum Gasteiger partial charge on any atom is 0.270 e. The molecule has 5 heteroatoms. The van der Waals surface area contributed by atoms with Crippen molar-refractivity contribution >= 4 is 11.8 Å². The van der Waals surface area contributed by atoms with Crippen LogP contribution in [0, 0.1) is 0 Å². The molecule has 0 saturated heterocycles. The first-order valence-electron chi connectivity index (χ1n) is 8.78. The third-order valence-electron chi connectivity index (χ3n) is 4.77. The Bertz CT molecular complexity index is 1000. The van der Waals surface area contributed by atoms with Gasteiger partial charge in [0.05, 0.1) is 0 Å². The summed E-state index contributed by atoms with van der Waals surface area (Å²) >= 11 is 0. The van der Waals surface area contributed by atoms with E-state index in [1.165, 1.54) is 0 Å². The van der Waals surface area contributed by atoms with Crippen LogP contribution in [0.4, 0.5) is 0 Å². The number of nitrogens with one attached hydrogen (secondary N) is 1. The number of fused-ring (bicyclic) bond motifs is 1. The summed E-state index contributed by atoms with van der Waals surface area (Å²) in [6.07, 6.45) is 1.61. The van der Waals surface area contributed by atoms with Gasteiger partial charge in [0.1, 0.15) is 11.7 Å². The zero-order valence-electron chi connectivity index (χ0n) is 14.9. The topological polar surface area (TPSA) is 62.3 Å². The summed E-state index contributed by atoms with van der Waals surface area (Å²) < 4.78 is 0. The van der Waals surface area contributed by atoms with Crippen LogP contribution in [0.25, 0.3) is 11.1 Å². The Morgan fingerprint density at radius 2 is 1.78 bits per heavy atom. The average molecular weight is 357 g/mol. The summed E-state index contributed by atoms with van der Waals surface area (Å²) in [4.78, 5) is 31.3. The van der Waals surface area contributed by atoms with Gasteiger partial charge >= 0.3 is 0 Å². The van der Waals surface area contributed by atoms with E-state index in [2.05, 4.69) is 10.3 Å². The van der Waals surface area contributed by atoms with Gasteiger partial charge in [-0.1, -0.05) is 54.6 Å². The average Bonchev–Trinajstić information content (AvgIpc) is 2.72. The van der Waals surface area contributed by atoms with Crippen LogP contribution in [0.1, 0.15) is 27.7 Å². The standard InChI is InChI=1S/C22H19N3O2/c1-25-14-17-9-5-6-10-18(17)20(22(25)27)24-21(26)19-13-16(11-12-23-19)15-7-3-2-4-8-15/h2-13,20H,14H2,1H3,(H,24,26). The lowest BCUT2D eigenvalue weighted by Gasteiger charge is -2.32. The molecule has 0 radical (unpaired) electrons. The first-order valence-corrected chi connectivity index (χ1v) is 8.78. The summed E-state index contributed by atoms with van der Waals surface area (Å²) in [6.45, 7) is 0.545. The first-order chi connectivity index (χ1) is 13.1. The molecular formula is C22H19N3O2. The quantitative estimate of drug-likeness (QED) is 0.783. The Balaban J connectivity index is 1.62. The number of rotatable bonds is 3. The molecule has 2 heterocycles. The van der Waals surface area contributed by atoms with Gasteiger partial charge in [0.15, 0.2) is 0 Å². The molecule has 0 spiro atoms. The van der Waals surface area contributed by atoms with E-state index in [0.717, 1.165) is 22.3 Å². The van der Waals surface area contributed by atoms with Crippen molar-refractivity contribution in [1.82, 2.24) is 15.2 Å². The van der Waals surface area contributed by atoms with Crippen molar-refractivity contribution in [3.05, 3.63) is 89.7 Å².